The van der Waals surface area contributed by atoms with Crippen molar-refractivity contribution in [1.82, 2.24) is 4.90 Å². The van der Waals surface area contributed by atoms with Crippen molar-refractivity contribution < 1.29 is 4.98 Å². The van der Waals surface area contributed by atoms with Gasteiger partial charge < -0.3 is 0 Å². The highest BCUT2D eigenvalue weighted by Gasteiger charge is 2.36. The minimum Gasteiger partial charge on any atom is -0.289 e. The monoisotopic (exact) mass is 317 g/mol. The van der Waals surface area contributed by atoms with Crippen LogP contribution >= 0.6 is 22.9 Å². The van der Waals surface area contributed by atoms with Gasteiger partial charge in [-0.2, -0.15) is 0 Å². The summed E-state index contributed by atoms with van der Waals surface area (Å²) in [5.41, 5.74) is 2.75. The lowest BCUT2D eigenvalue weighted by molar-refractivity contribution is -0.375. The molecular weight excluding hydrogens is 300 g/mol. The van der Waals surface area contributed by atoms with Crippen molar-refractivity contribution in [1.29, 1.82) is 0 Å². The van der Waals surface area contributed by atoms with Crippen LogP contribution in [0.1, 0.15) is 29.7 Å². The summed E-state index contributed by atoms with van der Waals surface area (Å²) in [5, 5.41) is 2.86. The van der Waals surface area contributed by atoms with Gasteiger partial charge in [-0.05, 0) is 53.9 Å². The highest BCUT2D eigenvalue weighted by molar-refractivity contribution is 7.09. The van der Waals surface area contributed by atoms with Crippen LogP contribution in [0, 0.1) is 0 Å². The van der Waals surface area contributed by atoms with E-state index in [1.807, 2.05) is 23.6 Å². The molecular formula is C17H18ClN2S+. The van der Waals surface area contributed by atoms with Gasteiger partial charge in [-0.1, -0.05) is 12.1 Å². The molecule has 2 atom stereocenters. The van der Waals surface area contributed by atoms with Crippen LogP contribution in [-0.2, 0) is 6.54 Å². The maximum absolute atomic E-state index is 5.94. The van der Waals surface area contributed by atoms with Gasteiger partial charge in [0.2, 0.25) is 0 Å². The fourth-order valence-electron chi connectivity index (χ4n) is 3.57. The molecule has 2 bridgehead atoms. The average molecular weight is 318 g/mol. The van der Waals surface area contributed by atoms with Crippen molar-refractivity contribution in [3.8, 4) is 0 Å². The molecule has 2 nitrogen and oxygen atoms in total. The molecule has 1 N–H and O–H groups in total. The molecule has 2 aromatic heterocycles. The van der Waals surface area contributed by atoms with E-state index < -0.39 is 0 Å². The van der Waals surface area contributed by atoms with Crippen LogP contribution in [0.15, 0.2) is 41.9 Å². The molecule has 1 saturated heterocycles. The van der Waals surface area contributed by atoms with Crippen LogP contribution in [0.5, 0.6) is 0 Å². The van der Waals surface area contributed by atoms with Crippen molar-refractivity contribution in [2.75, 3.05) is 0 Å². The Kier molecular flexibility index (Phi) is 3.57. The number of halogens is 1. The van der Waals surface area contributed by atoms with Gasteiger partial charge in [0.25, 0.3) is 5.15 Å². The fraction of sp³-hybridized carbons (Fsp3) is 0.353. The molecule has 0 amide bonds. The van der Waals surface area contributed by atoms with Crippen molar-refractivity contribution in [2.45, 2.75) is 37.9 Å². The first-order chi connectivity index (χ1) is 10.3. The highest BCUT2D eigenvalue weighted by atomic mass is 35.5. The van der Waals surface area contributed by atoms with Gasteiger partial charge in [-0.25, -0.2) is 4.98 Å². The predicted octanol–water partition coefficient (Wildman–Crippen LogP) is 4.04. The zero-order valence-corrected chi connectivity index (χ0v) is 13.3. The largest absolute Gasteiger partial charge is 0.289 e. The third-order valence-corrected chi connectivity index (χ3v) is 5.70. The lowest BCUT2D eigenvalue weighted by Gasteiger charge is -2.33. The summed E-state index contributed by atoms with van der Waals surface area (Å²) in [7, 11) is 0. The molecule has 1 fully saturated rings. The normalized spacial score (nSPS) is 25.1. The number of nitrogens with zero attached hydrogens (tertiary/aromatic N) is 1. The number of pyridine rings is 1. The van der Waals surface area contributed by atoms with Crippen molar-refractivity contribution >= 4 is 28.5 Å². The maximum Gasteiger partial charge on any atom is 0.273 e. The van der Waals surface area contributed by atoms with Gasteiger partial charge in [0.1, 0.15) is 0 Å². The van der Waals surface area contributed by atoms with E-state index >= 15 is 0 Å². The second-order valence-corrected chi connectivity index (χ2v) is 7.31. The fourth-order valence-corrected chi connectivity index (χ4v) is 4.40. The van der Waals surface area contributed by atoms with Crippen LogP contribution in [0.25, 0.3) is 5.57 Å². The van der Waals surface area contributed by atoms with Gasteiger partial charge in [-0.15, -0.1) is 11.3 Å². The van der Waals surface area contributed by atoms with Crippen molar-refractivity contribution in [3.63, 3.8) is 0 Å². The maximum atomic E-state index is 5.94. The number of H-pyrrole nitrogens is 1. The lowest BCUT2D eigenvalue weighted by atomic mass is 9.96. The lowest BCUT2D eigenvalue weighted by Crippen LogP contribution is -2.37. The summed E-state index contributed by atoms with van der Waals surface area (Å²) in [6.07, 6.45) is 8.25. The Morgan fingerprint density at radius 1 is 1.29 bits per heavy atom. The number of nitrogens with one attached hydrogen (secondary N) is 1. The van der Waals surface area contributed by atoms with Gasteiger partial charge in [0.05, 0.1) is 0 Å². The van der Waals surface area contributed by atoms with Crippen LogP contribution in [0.2, 0.25) is 5.15 Å². The molecule has 0 radical (unpaired) electrons. The summed E-state index contributed by atoms with van der Waals surface area (Å²) in [6, 6.07) is 9.74. The summed E-state index contributed by atoms with van der Waals surface area (Å²) in [6.45, 7) is 1.10. The average Bonchev–Trinajstić information content (AvgIpc) is 3.07. The van der Waals surface area contributed by atoms with Gasteiger partial charge in [0, 0.05) is 35.1 Å². The van der Waals surface area contributed by atoms with E-state index in [9.17, 15) is 0 Å². The number of fused-ring (bicyclic) bond motifs is 2. The number of aromatic amines is 1. The van der Waals surface area contributed by atoms with E-state index in [1.165, 1.54) is 28.9 Å². The van der Waals surface area contributed by atoms with E-state index in [0.717, 1.165) is 13.0 Å². The standard InChI is InChI=1S/C17H17ClN2S/c18-17-6-3-12(10-19-17)13-8-14-4-5-15(9-13)20(14)11-16-2-1-7-21-16/h1-3,6-8,10,14-15H,4-5,9,11H2/p+1/t14-,15+/m1/s1. The van der Waals surface area contributed by atoms with Gasteiger partial charge in [-0.3, -0.25) is 4.90 Å². The molecule has 21 heavy (non-hydrogen) atoms. The molecule has 0 aromatic carbocycles. The Labute approximate surface area is 134 Å². The smallest absolute Gasteiger partial charge is 0.273 e. The number of hydrogen-bond donors (Lipinski definition) is 0. The zero-order chi connectivity index (χ0) is 14.2. The first kappa shape index (κ1) is 13.5. The third kappa shape index (κ3) is 2.66. The molecule has 4 heteroatoms. The minimum absolute atomic E-state index is 0.594. The molecule has 2 aliphatic heterocycles. The molecule has 2 aliphatic rings. The molecule has 0 aliphatic carbocycles. The molecule has 0 unspecified atom stereocenters. The van der Waals surface area contributed by atoms with E-state index in [-0.39, 0.29) is 0 Å². The third-order valence-electron chi connectivity index (χ3n) is 4.60. The van der Waals surface area contributed by atoms with Crippen molar-refractivity contribution in [2.24, 2.45) is 0 Å². The first-order valence-electron chi connectivity index (χ1n) is 7.46. The Morgan fingerprint density at radius 3 is 2.95 bits per heavy atom. The van der Waals surface area contributed by atoms with Crippen molar-refractivity contribution in [3.05, 3.63) is 57.5 Å². The molecule has 2 aromatic rings. The van der Waals surface area contributed by atoms with E-state index in [1.54, 1.807) is 0 Å². The van der Waals surface area contributed by atoms with E-state index in [4.69, 9.17) is 11.6 Å². The zero-order valence-electron chi connectivity index (χ0n) is 11.8. The minimum atomic E-state index is 0.594. The topological polar surface area (TPSA) is 17.4 Å². The first-order valence-corrected chi connectivity index (χ1v) is 8.72. The Hall–Kier alpha value is -1.16. The second-order valence-electron chi connectivity index (χ2n) is 5.87. The van der Waals surface area contributed by atoms with Crippen LogP contribution in [0.4, 0.5) is 0 Å². The summed E-state index contributed by atoms with van der Waals surface area (Å²) in [5.74, 6) is 0. The van der Waals surface area contributed by atoms with E-state index in [0.29, 0.717) is 17.2 Å². The SMILES string of the molecule is Clc1ccc(C2=C[C@H]3CC[C@@H](C2)N3Cc2cccs2)c[nH+]1. The molecule has 4 heterocycles. The Balaban J connectivity index is 1.57. The quantitative estimate of drug-likeness (QED) is 0.781. The number of thiophene rings is 1. The molecule has 0 saturated carbocycles. The summed E-state index contributed by atoms with van der Waals surface area (Å²) < 4.78 is 0. The summed E-state index contributed by atoms with van der Waals surface area (Å²) >= 11 is 7.81. The van der Waals surface area contributed by atoms with Gasteiger partial charge in [0.15, 0.2) is 6.20 Å². The second kappa shape index (κ2) is 5.56. The van der Waals surface area contributed by atoms with Crippen LogP contribution < -0.4 is 4.98 Å². The number of hydrogen-bond acceptors (Lipinski definition) is 2. The van der Waals surface area contributed by atoms with Crippen LogP contribution in [-0.4, -0.2) is 17.0 Å². The molecule has 4 rings (SSSR count). The molecule has 0 spiro atoms. The molecule has 108 valence electrons. The summed E-state index contributed by atoms with van der Waals surface area (Å²) in [4.78, 5) is 7.26. The highest BCUT2D eigenvalue weighted by Crippen LogP contribution is 2.39. The van der Waals surface area contributed by atoms with E-state index in [2.05, 4.69) is 39.5 Å². The Bertz CT molecular complexity index is 648. The number of rotatable bonds is 3. The predicted molar refractivity (Wildman–Crippen MR) is 87.3 cm³/mol. The Morgan fingerprint density at radius 2 is 2.24 bits per heavy atom. The number of aromatic nitrogens is 1. The van der Waals surface area contributed by atoms with Gasteiger partial charge >= 0.3 is 0 Å². The van der Waals surface area contributed by atoms with Crippen LogP contribution in [0.3, 0.4) is 0 Å².